The summed E-state index contributed by atoms with van der Waals surface area (Å²) in [5, 5.41) is 0. The Bertz CT molecular complexity index is 682. The van der Waals surface area contributed by atoms with Gasteiger partial charge in [0.2, 0.25) is 0 Å². The summed E-state index contributed by atoms with van der Waals surface area (Å²) >= 11 is 0. The molecule has 0 heterocycles. The fraction of sp³-hybridized carbons (Fsp3) is 0.111. The molecular formula is C18H16O4. The van der Waals surface area contributed by atoms with Crippen LogP contribution >= 0.6 is 0 Å². The van der Waals surface area contributed by atoms with Gasteiger partial charge in [-0.15, -0.1) is 0 Å². The van der Waals surface area contributed by atoms with E-state index in [1.54, 1.807) is 68.6 Å². The van der Waals surface area contributed by atoms with E-state index in [0.29, 0.717) is 22.6 Å². The fourth-order valence-corrected chi connectivity index (χ4v) is 1.87. The summed E-state index contributed by atoms with van der Waals surface area (Å²) in [5.74, 6) is 0.544. The predicted octanol–water partition coefficient (Wildman–Crippen LogP) is 3.41. The number of hydrogen-bond acceptors (Lipinski definition) is 4. The first-order chi connectivity index (χ1) is 10.6. The van der Waals surface area contributed by atoms with Crippen LogP contribution in [-0.2, 0) is 4.79 Å². The molecule has 0 aliphatic carbocycles. The van der Waals surface area contributed by atoms with Crippen LogP contribution in [0.15, 0.2) is 60.7 Å². The highest BCUT2D eigenvalue weighted by Gasteiger charge is 2.09. The lowest BCUT2D eigenvalue weighted by atomic mass is 10.0. The first-order valence-corrected chi connectivity index (χ1v) is 6.77. The zero-order chi connectivity index (χ0) is 15.9. The average molecular weight is 296 g/mol. The smallest absolute Gasteiger partial charge is 0.335 e. The molecule has 0 atom stereocenters. The standard InChI is InChI=1S/C18H16O4/c1-3-4-17(19)22-16-11-7-14(8-12-16)18(20)13-5-9-15(21-2)10-6-13/h3-12H,1-2H3. The Hall–Kier alpha value is -2.88. The van der Waals surface area contributed by atoms with Crippen LogP contribution in [0.4, 0.5) is 0 Å². The second kappa shape index (κ2) is 7.22. The molecule has 0 N–H and O–H groups in total. The first kappa shape index (κ1) is 15.5. The third-order valence-corrected chi connectivity index (χ3v) is 2.99. The number of allylic oxidation sites excluding steroid dienone is 1. The first-order valence-electron chi connectivity index (χ1n) is 6.77. The number of methoxy groups -OCH3 is 1. The van der Waals surface area contributed by atoms with Crippen LogP contribution in [0.3, 0.4) is 0 Å². The molecule has 0 spiro atoms. The van der Waals surface area contributed by atoms with Crippen molar-refractivity contribution in [2.75, 3.05) is 7.11 Å². The van der Waals surface area contributed by atoms with Crippen molar-refractivity contribution in [2.45, 2.75) is 6.92 Å². The number of carbonyl (C=O) groups is 2. The largest absolute Gasteiger partial charge is 0.497 e. The summed E-state index contributed by atoms with van der Waals surface area (Å²) < 4.78 is 10.1. The van der Waals surface area contributed by atoms with Gasteiger partial charge in [0.25, 0.3) is 0 Å². The van der Waals surface area contributed by atoms with Gasteiger partial charge < -0.3 is 9.47 Å². The number of ketones is 1. The van der Waals surface area contributed by atoms with Crippen molar-refractivity contribution in [1.29, 1.82) is 0 Å². The molecule has 0 unspecified atom stereocenters. The molecule has 22 heavy (non-hydrogen) atoms. The van der Waals surface area contributed by atoms with Crippen molar-refractivity contribution in [3.8, 4) is 11.5 Å². The van der Waals surface area contributed by atoms with E-state index in [0.717, 1.165) is 0 Å². The molecule has 0 aliphatic rings. The molecule has 0 bridgehead atoms. The van der Waals surface area contributed by atoms with Gasteiger partial charge in [-0.05, 0) is 55.5 Å². The molecule has 112 valence electrons. The van der Waals surface area contributed by atoms with Crippen LogP contribution < -0.4 is 9.47 Å². The number of benzene rings is 2. The van der Waals surface area contributed by atoms with E-state index < -0.39 is 5.97 Å². The third kappa shape index (κ3) is 3.82. The zero-order valence-corrected chi connectivity index (χ0v) is 12.4. The van der Waals surface area contributed by atoms with Gasteiger partial charge in [0.15, 0.2) is 5.78 Å². The van der Waals surface area contributed by atoms with Crippen LogP contribution in [0.25, 0.3) is 0 Å². The third-order valence-electron chi connectivity index (χ3n) is 2.99. The van der Waals surface area contributed by atoms with E-state index in [4.69, 9.17) is 9.47 Å². The van der Waals surface area contributed by atoms with E-state index in [1.807, 2.05) is 0 Å². The van der Waals surface area contributed by atoms with Crippen molar-refractivity contribution in [3.05, 3.63) is 71.8 Å². The Kier molecular flexibility index (Phi) is 5.09. The molecule has 0 saturated heterocycles. The van der Waals surface area contributed by atoms with Crippen LogP contribution in [0.1, 0.15) is 22.8 Å². The molecule has 4 nitrogen and oxygen atoms in total. The number of esters is 1. The second-order valence-corrected chi connectivity index (χ2v) is 4.50. The quantitative estimate of drug-likeness (QED) is 0.367. The molecule has 2 rings (SSSR count). The van der Waals surface area contributed by atoms with Gasteiger partial charge in [0.1, 0.15) is 11.5 Å². The Morgan fingerprint density at radius 2 is 1.36 bits per heavy atom. The highest BCUT2D eigenvalue weighted by molar-refractivity contribution is 6.09. The predicted molar refractivity (Wildman–Crippen MR) is 83.3 cm³/mol. The van der Waals surface area contributed by atoms with Crippen molar-refractivity contribution >= 4 is 11.8 Å². The molecule has 0 saturated carbocycles. The van der Waals surface area contributed by atoms with Crippen molar-refractivity contribution in [1.82, 2.24) is 0 Å². The van der Waals surface area contributed by atoms with E-state index in [2.05, 4.69) is 0 Å². The molecule has 0 radical (unpaired) electrons. The summed E-state index contributed by atoms with van der Waals surface area (Å²) in [4.78, 5) is 23.6. The monoisotopic (exact) mass is 296 g/mol. The average Bonchev–Trinajstić information content (AvgIpc) is 2.55. The summed E-state index contributed by atoms with van der Waals surface area (Å²) in [6.07, 6.45) is 2.93. The summed E-state index contributed by atoms with van der Waals surface area (Å²) in [6.45, 7) is 1.73. The Morgan fingerprint density at radius 1 is 0.864 bits per heavy atom. The maximum atomic E-state index is 12.3. The van der Waals surface area contributed by atoms with Crippen molar-refractivity contribution < 1.29 is 19.1 Å². The van der Waals surface area contributed by atoms with Crippen LogP contribution in [0.5, 0.6) is 11.5 Å². The van der Waals surface area contributed by atoms with E-state index in [1.165, 1.54) is 6.08 Å². The molecule has 4 heteroatoms. The van der Waals surface area contributed by atoms with E-state index in [9.17, 15) is 9.59 Å². The summed E-state index contributed by atoms with van der Waals surface area (Å²) in [5.41, 5.74) is 1.09. The van der Waals surface area contributed by atoms with E-state index >= 15 is 0 Å². The fourth-order valence-electron chi connectivity index (χ4n) is 1.87. The summed E-state index contributed by atoms with van der Waals surface area (Å²) in [6, 6.07) is 13.3. The number of hydrogen-bond donors (Lipinski definition) is 0. The number of ether oxygens (including phenoxy) is 2. The van der Waals surface area contributed by atoms with Gasteiger partial charge in [-0.3, -0.25) is 4.79 Å². The normalized spacial score (nSPS) is 10.5. The minimum atomic E-state index is -0.447. The minimum absolute atomic E-state index is 0.103. The van der Waals surface area contributed by atoms with Gasteiger partial charge in [-0.2, -0.15) is 0 Å². The highest BCUT2D eigenvalue weighted by Crippen LogP contribution is 2.18. The Morgan fingerprint density at radius 3 is 1.82 bits per heavy atom. The molecule has 2 aromatic rings. The SMILES string of the molecule is CC=CC(=O)Oc1ccc(C(=O)c2ccc(OC)cc2)cc1. The van der Waals surface area contributed by atoms with Crippen LogP contribution in [0, 0.1) is 0 Å². The number of rotatable bonds is 5. The topological polar surface area (TPSA) is 52.6 Å². The maximum Gasteiger partial charge on any atom is 0.335 e. The maximum absolute atomic E-state index is 12.3. The van der Waals surface area contributed by atoms with Gasteiger partial charge >= 0.3 is 5.97 Å². The van der Waals surface area contributed by atoms with Gasteiger partial charge in [0, 0.05) is 17.2 Å². The van der Waals surface area contributed by atoms with Gasteiger partial charge in [0.05, 0.1) is 7.11 Å². The lowest BCUT2D eigenvalue weighted by Gasteiger charge is -2.05. The molecule has 0 fully saturated rings. The van der Waals surface area contributed by atoms with Gasteiger partial charge in [-0.1, -0.05) is 6.08 Å². The van der Waals surface area contributed by atoms with Gasteiger partial charge in [-0.25, -0.2) is 4.79 Å². The minimum Gasteiger partial charge on any atom is -0.497 e. The number of carbonyl (C=O) groups excluding carboxylic acids is 2. The molecule has 2 aromatic carbocycles. The zero-order valence-electron chi connectivity index (χ0n) is 12.4. The second-order valence-electron chi connectivity index (χ2n) is 4.50. The van der Waals surface area contributed by atoms with Crippen LogP contribution in [-0.4, -0.2) is 18.9 Å². The Balaban J connectivity index is 2.11. The summed E-state index contributed by atoms with van der Waals surface area (Å²) in [7, 11) is 1.57. The lowest BCUT2D eigenvalue weighted by molar-refractivity contribution is -0.129. The Labute approximate surface area is 129 Å². The molecule has 0 amide bonds. The van der Waals surface area contributed by atoms with Crippen molar-refractivity contribution in [3.63, 3.8) is 0 Å². The lowest BCUT2D eigenvalue weighted by Crippen LogP contribution is -2.05. The van der Waals surface area contributed by atoms with Crippen LogP contribution in [0.2, 0.25) is 0 Å². The molecule has 0 aliphatic heterocycles. The highest BCUT2D eigenvalue weighted by atomic mass is 16.5. The molecule has 0 aromatic heterocycles. The molecular weight excluding hydrogens is 280 g/mol. The van der Waals surface area contributed by atoms with E-state index in [-0.39, 0.29) is 5.78 Å². The van der Waals surface area contributed by atoms with Crippen molar-refractivity contribution in [2.24, 2.45) is 0 Å².